The fraction of sp³-hybridized carbons (Fsp3) is 0.500. The van der Waals surface area contributed by atoms with Crippen molar-refractivity contribution in [2.24, 2.45) is 5.73 Å². The van der Waals surface area contributed by atoms with Gasteiger partial charge in [-0.25, -0.2) is 0 Å². The fourth-order valence-electron chi connectivity index (χ4n) is 0.950. The highest BCUT2D eigenvalue weighted by molar-refractivity contribution is 7.14. The minimum absolute atomic E-state index is 0.264. The van der Waals surface area contributed by atoms with E-state index in [2.05, 4.69) is 0 Å². The number of rotatable bonds is 3. The van der Waals surface area contributed by atoms with Crippen molar-refractivity contribution >= 4 is 22.9 Å². The highest BCUT2D eigenvalue weighted by Gasteiger charge is 2.18. The number of halogens is 1. The lowest BCUT2D eigenvalue weighted by molar-refractivity contribution is 0.0697. The Labute approximate surface area is 81.0 Å². The summed E-state index contributed by atoms with van der Waals surface area (Å²) in [6, 6.07) is 1.86. The molecule has 0 saturated heterocycles. The summed E-state index contributed by atoms with van der Waals surface area (Å²) in [6.45, 7) is 1.99. The van der Waals surface area contributed by atoms with Gasteiger partial charge < -0.3 is 10.8 Å². The van der Waals surface area contributed by atoms with Crippen molar-refractivity contribution < 1.29 is 5.11 Å². The van der Waals surface area contributed by atoms with Crippen LogP contribution in [0.15, 0.2) is 11.4 Å². The van der Waals surface area contributed by atoms with Crippen LogP contribution in [0.3, 0.4) is 0 Å². The molecular weight excluding hydrogens is 194 g/mol. The zero-order chi connectivity index (χ0) is 9.19. The second-order valence-electron chi connectivity index (χ2n) is 3.14. The molecule has 0 bridgehead atoms. The molecule has 1 unspecified atom stereocenters. The van der Waals surface area contributed by atoms with Gasteiger partial charge in [0.25, 0.3) is 0 Å². The van der Waals surface area contributed by atoms with Crippen LogP contribution < -0.4 is 5.73 Å². The van der Waals surface area contributed by atoms with E-state index in [4.69, 9.17) is 17.3 Å². The first-order valence-electron chi connectivity index (χ1n) is 3.69. The molecule has 0 aliphatic rings. The van der Waals surface area contributed by atoms with Gasteiger partial charge in [-0.3, -0.25) is 0 Å². The first-order valence-corrected chi connectivity index (χ1v) is 4.94. The van der Waals surface area contributed by atoms with Gasteiger partial charge in [-0.15, -0.1) is 11.3 Å². The number of aliphatic hydroxyl groups is 1. The van der Waals surface area contributed by atoms with E-state index in [1.165, 1.54) is 11.3 Å². The summed E-state index contributed by atoms with van der Waals surface area (Å²) in [4.78, 5) is 0. The van der Waals surface area contributed by atoms with Crippen molar-refractivity contribution in [2.45, 2.75) is 18.9 Å². The topological polar surface area (TPSA) is 46.2 Å². The van der Waals surface area contributed by atoms with Crippen molar-refractivity contribution in [3.8, 4) is 0 Å². The zero-order valence-corrected chi connectivity index (χ0v) is 8.45. The smallest absolute Gasteiger partial charge is 0.0931 e. The van der Waals surface area contributed by atoms with Crippen molar-refractivity contribution in [1.29, 1.82) is 0 Å². The third-order valence-corrected chi connectivity index (χ3v) is 2.79. The maximum absolute atomic E-state index is 9.62. The van der Waals surface area contributed by atoms with Crippen LogP contribution >= 0.6 is 22.9 Å². The second-order valence-corrected chi connectivity index (χ2v) is 4.68. The molecule has 0 saturated carbocycles. The van der Waals surface area contributed by atoms with Gasteiger partial charge in [0.1, 0.15) is 0 Å². The summed E-state index contributed by atoms with van der Waals surface area (Å²) in [5, 5.41) is 11.6. The Kier molecular flexibility index (Phi) is 3.12. The quantitative estimate of drug-likeness (QED) is 0.789. The maximum Gasteiger partial charge on any atom is 0.0931 e. The SMILES string of the molecule is CC(O)(CN)Cc1csc(Cl)c1. The Morgan fingerprint density at radius 2 is 2.42 bits per heavy atom. The molecule has 0 fully saturated rings. The number of hydrogen-bond acceptors (Lipinski definition) is 3. The first-order chi connectivity index (χ1) is 5.53. The Morgan fingerprint density at radius 1 is 1.75 bits per heavy atom. The summed E-state index contributed by atoms with van der Waals surface area (Å²) in [5.41, 5.74) is 5.61. The van der Waals surface area contributed by atoms with E-state index >= 15 is 0 Å². The molecule has 68 valence electrons. The average molecular weight is 206 g/mol. The predicted octanol–water partition coefficient (Wildman–Crippen LogP) is 1.65. The van der Waals surface area contributed by atoms with Gasteiger partial charge in [0, 0.05) is 13.0 Å². The van der Waals surface area contributed by atoms with Gasteiger partial charge in [0.05, 0.1) is 9.94 Å². The lowest BCUT2D eigenvalue weighted by Gasteiger charge is -2.19. The zero-order valence-electron chi connectivity index (χ0n) is 6.88. The average Bonchev–Trinajstić information content (AvgIpc) is 2.35. The maximum atomic E-state index is 9.62. The van der Waals surface area contributed by atoms with Gasteiger partial charge in [0.15, 0.2) is 0 Å². The monoisotopic (exact) mass is 205 g/mol. The molecule has 1 atom stereocenters. The van der Waals surface area contributed by atoms with Crippen LogP contribution in [0.1, 0.15) is 12.5 Å². The molecule has 1 aromatic rings. The van der Waals surface area contributed by atoms with Gasteiger partial charge >= 0.3 is 0 Å². The van der Waals surface area contributed by atoms with Gasteiger partial charge in [-0.05, 0) is 23.9 Å². The molecule has 0 radical (unpaired) electrons. The largest absolute Gasteiger partial charge is 0.389 e. The third-order valence-electron chi connectivity index (χ3n) is 1.65. The number of thiophene rings is 1. The van der Waals surface area contributed by atoms with Gasteiger partial charge in [-0.1, -0.05) is 11.6 Å². The molecule has 0 aliphatic heterocycles. The lowest BCUT2D eigenvalue weighted by Crippen LogP contribution is -2.36. The normalized spacial score (nSPS) is 16.0. The Bertz CT molecular complexity index is 259. The minimum atomic E-state index is -0.815. The molecule has 0 aromatic carbocycles. The molecule has 0 amide bonds. The molecule has 12 heavy (non-hydrogen) atoms. The van der Waals surface area contributed by atoms with Crippen LogP contribution in [-0.2, 0) is 6.42 Å². The highest BCUT2D eigenvalue weighted by Crippen LogP contribution is 2.22. The molecule has 0 spiro atoms. The Balaban J connectivity index is 2.63. The van der Waals surface area contributed by atoms with E-state index < -0.39 is 5.60 Å². The standard InChI is InChI=1S/C8H12ClNOS/c1-8(11,5-10)3-6-2-7(9)12-4-6/h2,4,11H,3,5,10H2,1H3. The summed E-state index contributed by atoms with van der Waals surface area (Å²) >= 11 is 7.21. The molecule has 0 aliphatic carbocycles. The Hall–Kier alpha value is -0.0900. The van der Waals surface area contributed by atoms with E-state index in [0.717, 1.165) is 9.90 Å². The number of nitrogens with two attached hydrogens (primary N) is 1. The first kappa shape index (κ1) is 9.99. The van der Waals surface area contributed by atoms with Crippen LogP contribution in [-0.4, -0.2) is 17.3 Å². The molecule has 2 nitrogen and oxygen atoms in total. The highest BCUT2D eigenvalue weighted by atomic mass is 35.5. The van der Waals surface area contributed by atoms with Gasteiger partial charge in [-0.2, -0.15) is 0 Å². The minimum Gasteiger partial charge on any atom is -0.389 e. The van der Waals surface area contributed by atoms with Crippen molar-refractivity contribution in [3.05, 3.63) is 21.3 Å². The van der Waals surface area contributed by atoms with E-state index in [9.17, 15) is 5.11 Å². The van der Waals surface area contributed by atoms with Crippen LogP contribution in [0.25, 0.3) is 0 Å². The van der Waals surface area contributed by atoms with Crippen molar-refractivity contribution in [3.63, 3.8) is 0 Å². The molecule has 1 rings (SSSR count). The van der Waals surface area contributed by atoms with E-state index in [1.54, 1.807) is 6.92 Å². The molecule has 4 heteroatoms. The summed E-state index contributed by atoms with van der Waals surface area (Å²) in [7, 11) is 0. The fourth-order valence-corrected chi connectivity index (χ4v) is 1.86. The van der Waals surface area contributed by atoms with E-state index in [1.807, 2.05) is 11.4 Å². The van der Waals surface area contributed by atoms with Crippen molar-refractivity contribution in [2.75, 3.05) is 6.54 Å². The summed E-state index contributed by atoms with van der Waals surface area (Å²) in [6.07, 6.45) is 0.562. The van der Waals surface area contributed by atoms with Crippen LogP contribution in [0.2, 0.25) is 4.34 Å². The third kappa shape index (κ3) is 2.75. The molecule has 1 heterocycles. The van der Waals surface area contributed by atoms with E-state index in [-0.39, 0.29) is 6.54 Å². The number of hydrogen-bond donors (Lipinski definition) is 2. The van der Waals surface area contributed by atoms with E-state index in [0.29, 0.717) is 6.42 Å². The Morgan fingerprint density at radius 3 is 2.83 bits per heavy atom. The lowest BCUT2D eigenvalue weighted by atomic mass is 9.99. The van der Waals surface area contributed by atoms with Crippen LogP contribution in [0.5, 0.6) is 0 Å². The van der Waals surface area contributed by atoms with Crippen molar-refractivity contribution in [1.82, 2.24) is 0 Å². The second kappa shape index (κ2) is 3.75. The molecule has 1 aromatic heterocycles. The predicted molar refractivity (Wildman–Crippen MR) is 52.7 cm³/mol. The van der Waals surface area contributed by atoms with Gasteiger partial charge in [0.2, 0.25) is 0 Å². The van der Waals surface area contributed by atoms with Crippen LogP contribution in [0, 0.1) is 0 Å². The molecular formula is C8H12ClNOS. The molecule has 3 N–H and O–H groups in total. The summed E-state index contributed by atoms with van der Waals surface area (Å²) < 4.78 is 0.748. The van der Waals surface area contributed by atoms with Crippen LogP contribution in [0.4, 0.5) is 0 Å². The summed E-state index contributed by atoms with van der Waals surface area (Å²) in [5.74, 6) is 0.